The van der Waals surface area contributed by atoms with Crippen LogP contribution in [-0.4, -0.2) is 6.18 Å². The van der Waals surface area contributed by atoms with Gasteiger partial charge in [-0.2, -0.15) is 13.2 Å². The number of alkyl halides is 3. The molecule has 0 unspecified atom stereocenters. The molecule has 0 atom stereocenters. The van der Waals surface area contributed by atoms with Crippen LogP contribution in [-0.2, 0) is 0 Å². The van der Waals surface area contributed by atoms with Crippen molar-refractivity contribution in [1.29, 1.82) is 0 Å². The van der Waals surface area contributed by atoms with Gasteiger partial charge in [-0.05, 0) is 30.8 Å². The minimum atomic E-state index is -4.85. The maximum atomic E-state index is 12.9. The Morgan fingerprint density at radius 1 is 1.07 bits per heavy atom. The summed E-state index contributed by atoms with van der Waals surface area (Å²) < 4.78 is 49.1. The van der Waals surface area contributed by atoms with E-state index in [9.17, 15) is 17.6 Å². The van der Waals surface area contributed by atoms with Gasteiger partial charge in [0.2, 0.25) is 5.83 Å². The number of hydrogen-bond donors (Lipinski definition) is 0. The van der Waals surface area contributed by atoms with Gasteiger partial charge in [0.1, 0.15) is 0 Å². The summed E-state index contributed by atoms with van der Waals surface area (Å²) in [4.78, 5) is 0. The molecular weight excluding hydrogens is 196 g/mol. The van der Waals surface area contributed by atoms with Crippen molar-refractivity contribution >= 4 is 0 Å². The van der Waals surface area contributed by atoms with E-state index in [1.165, 1.54) is 6.92 Å². The van der Waals surface area contributed by atoms with Crippen molar-refractivity contribution in [2.45, 2.75) is 46.7 Å². The van der Waals surface area contributed by atoms with Crippen LogP contribution in [0.2, 0.25) is 0 Å². The van der Waals surface area contributed by atoms with E-state index in [1.54, 1.807) is 20.8 Å². The predicted octanol–water partition coefficient (Wildman–Crippen LogP) is 4.62. The van der Waals surface area contributed by atoms with Crippen molar-refractivity contribution in [2.24, 2.45) is 5.41 Å². The molecule has 0 aromatic carbocycles. The molecule has 0 aliphatic heterocycles. The fourth-order valence-corrected chi connectivity index (χ4v) is 1.26. The molecule has 84 valence electrons. The maximum absolute atomic E-state index is 12.9. The first kappa shape index (κ1) is 13.5. The average molecular weight is 212 g/mol. The summed E-state index contributed by atoms with van der Waals surface area (Å²) >= 11 is 0. The van der Waals surface area contributed by atoms with Crippen LogP contribution in [0.15, 0.2) is 11.4 Å². The quantitative estimate of drug-likeness (QED) is 0.599. The summed E-state index contributed by atoms with van der Waals surface area (Å²) in [6.07, 6.45) is -3.85. The van der Waals surface area contributed by atoms with Crippen molar-refractivity contribution < 1.29 is 17.6 Å². The molecule has 0 fully saturated rings. The summed E-state index contributed by atoms with van der Waals surface area (Å²) in [6, 6.07) is 0. The van der Waals surface area contributed by atoms with Crippen LogP contribution in [0.25, 0.3) is 0 Å². The first-order valence-electron chi connectivity index (χ1n) is 4.63. The van der Waals surface area contributed by atoms with Crippen molar-refractivity contribution in [1.82, 2.24) is 0 Å². The van der Waals surface area contributed by atoms with Gasteiger partial charge < -0.3 is 0 Å². The third-order valence-corrected chi connectivity index (χ3v) is 3.04. The number of halogens is 4. The molecule has 0 heterocycles. The van der Waals surface area contributed by atoms with E-state index in [0.29, 0.717) is 12.8 Å². The molecule has 0 amide bonds. The van der Waals surface area contributed by atoms with E-state index < -0.39 is 17.4 Å². The van der Waals surface area contributed by atoms with Crippen LogP contribution in [0, 0.1) is 5.41 Å². The molecule has 0 spiro atoms. The van der Waals surface area contributed by atoms with Crippen molar-refractivity contribution in [2.75, 3.05) is 0 Å². The molecule has 0 radical (unpaired) electrons. The minimum absolute atomic E-state index is 0.199. The molecule has 0 aromatic rings. The Hall–Kier alpha value is -0.540. The zero-order valence-electron chi connectivity index (χ0n) is 8.93. The van der Waals surface area contributed by atoms with Crippen LogP contribution >= 0.6 is 0 Å². The normalized spacial score (nSPS) is 15.4. The molecular formula is C10H16F4. The zero-order chi connectivity index (χ0) is 11.6. The average Bonchev–Trinajstić information content (AvgIpc) is 2.12. The third kappa shape index (κ3) is 2.72. The predicted molar refractivity (Wildman–Crippen MR) is 48.6 cm³/mol. The van der Waals surface area contributed by atoms with Crippen molar-refractivity contribution in [3.05, 3.63) is 11.4 Å². The number of hydrogen-bond acceptors (Lipinski definition) is 0. The van der Waals surface area contributed by atoms with Gasteiger partial charge in [-0.25, -0.2) is 4.39 Å². The highest BCUT2D eigenvalue weighted by Crippen LogP contribution is 2.40. The lowest BCUT2D eigenvalue weighted by molar-refractivity contribution is -0.111. The summed E-state index contributed by atoms with van der Waals surface area (Å²) in [5.74, 6) is -1.94. The largest absolute Gasteiger partial charge is 0.442 e. The van der Waals surface area contributed by atoms with Crippen LogP contribution in [0.1, 0.15) is 40.5 Å². The summed E-state index contributed by atoms with van der Waals surface area (Å²) in [5, 5.41) is 0. The van der Waals surface area contributed by atoms with Crippen molar-refractivity contribution in [3.8, 4) is 0 Å². The molecule has 0 aliphatic rings. The van der Waals surface area contributed by atoms with Gasteiger partial charge in [-0.3, -0.25) is 0 Å². The minimum Gasteiger partial charge on any atom is -0.202 e. The Labute approximate surface area is 82.0 Å². The molecule has 0 N–H and O–H groups in total. The summed E-state index contributed by atoms with van der Waals surface area (Å²) in [5.41, 5.74) is -0.894. The molecule has 14 heavy (non-hydrogen) atoms. The molecule has 0 bridgehead atoms. The molecule has 4 heteroatoms. The highest BCUT2D eigenvalue weighted by atomic mass is 19.4. The number of rotatable bonds is 3. The maximum Gasteiger partial charge on any atom is 0.442 e. The second kappa shape index (κ2) is 4.32. The molecule has 0 rings (SSSR count). The van der Waals surface area contributed by atoms with Gasteiger partial charge in [0.15, 0.2) is 0 Å². The van der Waals surface area contributed by atoms with Gasteiger partial charge in [-0.15, -0.1) is 0 Å². The number of allylic oxidation sites excluding steroid dienone is 2. The lowest BCUT2D eigenvalue weighted by Gasteiger charge is -2.28. The van der Waals surface area contributed by atoms with Gasteiger partial charge >= 0.3 is 6.18 Å². The Morgan fingerprint density at radius 2 is 1.43 bits per heavy atom. The smallest absolute Gasteiger partial charge is 0.202 e. The lowest BCUT2D eigenvalue weighted by atomic mass is 9.77. The standard InChI is InChI=1S/C10H16F4/c1-5-9(4,6-2)7(3)8(11)10(12,13)14/h5-6H2,1-4H3/b8-7-. The molecule has 0 saturated heterocycles. The van der Waals surface area contributed by atoms with E-state index >= 15 is 0 Å². The Balaban J connectivity index is 5.18. The molecule has 0 nitrogen and oxygen atoms in total. The van der Waals surface area contributed by atoms with E-state index in [-0.39, 0.29) is 5.57 Å². The topological polar surface area (TPSA) is 0 Å². The van der Waals surface area contributed by atoms with Gasteiger partial charge in [-0.1, -0.05) is 20.8 Å². The molecule has 0 aromatic heterocycles. The summed E-state index contributed by atoms with van der Waals surface area (Å²) in [7, 11) is 0. The van der Waals surface area contributed by atoms with Gasteiger partial charge in [0.05, 0.1) is 0 Å². The molecule has 0 saturated carbocycles. The monoisotopic (exact) mass is 212 g/mol. The van der Waals surface area contributed by atoms with Crippen LogP contribution in [0.4, 0.5) is 17.6 Å². The highest BCUT2D eigenvalue weighted by molar-refractivity contribution is 5.17. The first-order chi connectivity index (χ1) is 6.19. The van der Waals surface area contributed by atoms with Crippen LogP contribution < -0.4 is 0 Å². The van der Waals surface area contributed by atoms with Crippen molar-refractivity contribution in [3.63, 3.8) is 0 Å². The SMILES string of the molecule is CCC(C)(CC)/C(C)=C(\F)C(F)(F)F. The van der Waals surface area contributed by atoms with Gasteiger partial charge in [0.25, 0.3) is 0 Å². The highest BCUT2D eigenvalue weighted by Gasteiger charge is 2.39. The van der Waals surface area contributed by atoms with E-state index in [2.05, 4.69) is 0 Å². The van der Waals surface area contributed by atoms with E-state index in [4.69, 9.17) is 0 Å². The summed E-state index contributed by atoms with van der Waals surface area (Å²) in [6.45, 7) is 6.39. The molecule has 0 aliphatic carbocycles. The first-order valence-corrected chi connectivity index (χ1v) is 4.63. The second-order valence-electron chi connectivity index (χ2n) is 3.70. The lowest BCUT2D eigenvalue weighted by Crippen LogP contribution is -2.21. The Morgan fingerprint density at radius 3 is 1.64 bits per heavy atom. The van der Waals surface area contributed by atoms with Crippen LogP contribution in [0.5, 0.6) is 0 Å². The second-order valence-corrected chi connectivity index (χ2v) is 3.70. The van der Waals surface area contributed by atoms with E-state index in [0.717, 1.165) is 0 Å². The zero-order valence-corrected chi connectivity index (χ0v) is 8.93. The van der Waals surface area contributed by atoms with Crippen LogP contribution in [0.3, 0.4) is 0 Å². The fourth-order valence-electron chi connectivity index (χ4n) is 1.26. The van der Waals surface area contributed by atoms with E-state index in [1.807, 2.05) is 0 Å². The third-order valence-electron chi connectivity index (χ3n) is 3.04. The Kier molecular flexibility index (Phi) is 4.15. The fraction of sp³-hybridized carbons (Fsp3) is 0.800. The Bertz CT molecular complexity index is 221. The van der Waals surface area contributed by atoms with Gasteiger partial charge in [0, 0.05) is 0 Å².